The summed E-state index contributed by atoms with van der Waals surface area (Å²) in [4.78, 5) is 10.6. The van der Waals surface area contributed by atoms with Crippen molar-refractivity contribution in [1.29, 1.82) is 0 Å². The Morgan fingerprint density at radius 2 is 2.06 bits per heavy atom. The fourth-order valence-corrected chi connectivity index (χ4v) is 1.82. The zero-order chi connectivity index (χ0) is 13.3. The Balaban J connectivity index is 2.46. The minimum atomic E-state index is -4.41. The molecule has 1 aliphatic heterocycles. The van der Waals surface area contributed by atoms with Gasteiger partial charge in [0.05, 0.1) is 18.8 Å². The summed E-state index contributed by atoms with van der Waals surface area (Å²) >= 11 is 0. The van der Waals surface area contributed by atoms with Crippen molar-refractivity contribution in [2.24, 2.45) is 0 Å². The van der Waals surface area contributed by atoms with Crippen LogP contribution in [0.5, 0.6) is 0 Å². The summed E-state index contributed by atoms with van der Waals surface area (Å²) in [6.45, 7) is 0.140. The van der Waals surface area contributed by atoms with Crippen molar-refractivity contribution >= 4 is 11.5 Å². The maximum atomic E-state index is 12.5. The Bertz CT molecular complexity index is 518. The number of benzene rings is 1. The van der Waals surface area contributed by atoms with Gasteiger partial charge in [0.1, 0.15) is 0 Å². The summed E-state index contributed by atoms with van der Waals surface area (Å²) in [6, 6.07) is 3.22. The molecule has 18 heavy (non-hydrogen) atoms. The number of hydrogen-bond donors (Lipinski definition) is 1. The molecule has 96 valence electrons. The quantitative estimate of drug-likeness (QED) is 0.788. The van der Waals surface area contributed by atoms with E-state index < -0.39 is 17.7 Å². The highest BCUT2D eigenvalue weighted by molar-refractivity contribution is 5.91. The average molecular weight is 258 g/mol. The van der Waals surface area contributed by atoms with E-state index in [1.807, 2.05) is 0 Å². The van der Waals surface area contributed by atoms with E-state index in [0.29, 0.717) is 16.7 Å². The number of carbonyl (C=O) groups is 1. The molecule has 1 aliphatic rings. The van der Waals surface area contributed by atoms with Crippen LogP contribution in [0, 0.1) is 0 Å². The van der Waals surface area contributed by atoms with Crippen LogP contribution in [-0.2, 0) is 22.3 Å². The van der Waals surface area contributed by atoms with Crippen LogP contribution in [0.25, 0.3) is 5.57 Å². The SMILES string of the molecule is O=C(O)/C=C1\COCc2cc(C(F)(F)F)ccc21. The minimum absolute atomic E-state index is 0.0518. The molecule has 0 spiro atoms. The van der Waals surface area contributed by atoms with E-state index in [2.05, 4.69) is 0 Å². The maximum Gasteiger partial charge on any atom is 0.416 e. The van der Waals surface area contributed by atoms with Gasteiger partial charge in [-0.15, -0.1) is 0 Å². The minimum Gasteiger partial charge on any atom is -0.478 e. The van der Waals surface area contributed by atoms with Crippen molar-refractivity contribution in [1.82, 2.24) is 0 Å². The van der Waals surface area contributed by atoms with E-state index in [4.69, 9.17) is 9.84 Å². The Kier molecular flexibility index (Phi) is 3.13. The second kappa shape index (κ2) is 4.45. The highest BCUT2D eigenvalue weighted by Gasteiger charge is 2.31. The molecular formula is C12H9F3O3. The van der Waals surface area contributed by atoms with Crippen molar-refractivity contribution in [3.8, 4) is 0 Å². The molecule has 0 aliphatic carbocycles. The van der Waals surface area contributed by atoms with Gasteiger partial charge in [-0.05, 0) is 28.8 Å². The molecular weight excluding hydrogens is 249 g/mol. The molecule has 0 aromatic heterocycles. The highest BCUT2D eigenvalue weighted by Crippen LogP contribution is 2.34. The number of aliphatic carboxylic acids is 1. The van der Waals surface area contributed by atoms with E-state index >= 15 is 0 Å². The summed E-state index contributed by atoms with van der Waals surface area (Å²) in [5, 5.41) is 8.66. The van der Waals surface area contributed by atoms with Gasteiger partial charge in [0.2, 0.25) is 0 Å². The Labute approximate surface area is 100 Å². The molecule has 1 N–H and O–H groups in total. The van der Waals surface area contributed by atoms with Gasteiger partial charge in [-0.1, -0.05) is 6.07 Å². The molecule has 0 atom stereocenters. The van der Waals surface area contributed by atoms with E-state index in [1.54, 1.807) is 0 Å². The molecule has 0 radical (unpaired) electrons. The standard InChI is InChI=1S/C12H9F3O3/c13-12(14,15)9-1-2-10-7(3-9)5-18-6-8(10)4-11(16)17/h1-4H,5-6H2,(H,16,17)/b8-4+. The molecule has 0 unspecified atom stereocenters. The molecule has 0 saturated heterocycles. The Morgan fingerprint density at radius 3 is 2.67 bits per heavy atom. The van der Waals surface area contributed by atoms with Crippen LogP contribution in [-0.4, -0.2) is 17.7 Å². The first-order valence-corrected chi connectivity index (χ1v) is 5.09. The normalized spacial score (nSPS) is 17.6. The zero-order valence-electron chi connectivity index (χ0n) is 9.12. The largest absolute Gasteiger partial charge is 0.478 e. The van der Waals surface area contributed by atoms with Gasteiger partial charge >= 0.3 is 12.1 Å². The van der Waals surface area contributed by atoms with Gasteiger partial charge < -0.3 is 9.84 Å². The first kappa shape index (κ1) is 12.6. The third-order valence-corrected chi connectivity index (χ3v) is 2.59. The lowest BCUT2D eigenvalue weighted by molar-refractivity contribution is -0.137. The smallest absolute Gasteiger partial charge is 0.416 e. The van der Waals surface area contributed by atoms with Crippen LogP contribution in [0.2, 0.25) is 0 Å². The number of rotatable bonds is 1. The molecule has 1 aromatic carbocycles. The van der Waals surface area contributed by atoms with Crippen molar-refractivity contribution < 1.29 is 27.8 Å². The molecule has 0 fully saturated rings. The number of fused-ring (bicyclic) bond motifs is 1. The number of carboxylic acid groups (broad SMARTS) is 1. The van der Waals surface area contributed by atoms with Crippen LogP contribution in [0.1, 0.15) is 16.7 Å². The van der Waals surface area contributed by atoms with Crippen molar-refractivity contribution in [3.05, 3.63) is 41.0 Å². The molecule has 2 rings (SSSR count). The van der Waals surface area contributed by atoms with Gasteiger partial charge in [0.25, 0.3) is 0 Å². The Morgan fingerprint density at radius 1 is 1.33 bits per heavy atom. The number of ether oxygens (including phenoxy) is 1. The van der Waals surface area contributed by atoms with Gasteiger partial charge in [-0.2, -0.15) is 13.2 Å². The number of alkyl halides is 3. The molecule has 6 heteroatoms. The van der Waals surface area contributed by atoms with E-state index in [-0.39, 0.29) is 13.2 Å². The summed E-state index contributed by atoms with van der Waals surface area (Å²) in [7, 11) is 0. The fraction of sp³-hybridized carbons (Fsp3) is 0.250. The first-order valence-electron chi connectivity index (χ1n) is 5.09. The van der Waals surface area contributed by atoms with E-state index in [0.717, 1.165) is 18.2 Å². The molecule has 1 aromatic rings. The predicted octanol–water partition coefficient (Wildman–Crippen LogP) is 2.70. The van der Waals surface area contributed by atoms with Crippen LogP contribution in [0.15, 0.2) is 24.3 Å². The second-order valence-corrected chi connectivity index (χ2v) is 3.87. The van der Waals surface area contributed by atoms with Crippen molar-refractivity contribution in [2.45, 2.75) is 12.8 Å². The predicted molar refractivity (Wildman–Crippen MR) is 56.7 cm³/mol. The lowest BCUT2D eigenvalue weighted by Gasteiger charge is -2.20. The number of carboxylic acids is 1. The molecule has 1 heterocycles. The van der Waals surface area contributed by atoms with Gasteiger partial charge in [0.15, 0.2) is 0 Å². The average Bonchev–Trinajstić information content (AvgIpc) is 2.27. The zero-order valence-corrected chi connectivity index (χ0v) is 9.12. The van der Waals surface area contributed by atoms with Crippen LogP contribution in [0.3, 0.4) is 0 Å². The van der Waals surface area contributed by atoms with Crippen LogP contribution >= 0.6 is 0 Å². The topological polar surface area (TPSA) is 46.5 Å². The molecule has 3 nitrogen and oxygen atoms in total. The van der Waals surface area contributed by atoms with E-state index in [1.165, 1.54) is 6.07 Å². The van der Waals surface area contributed by atoms with E-state index in [9.17, 15) is 18.0 Å². The lowest BCUT2D eigenvalue weighted by Crippen LogP contribution is -2.13. The third-order valence-electron chi connectivity index (χ3n) is 2.59. The van der Waals surface area contributed by atoms with Crippen LogP contribution < -0.4 is 0 Å². The first-order chi connectivity index (χ1) is 8.38. The Hall–Kier alpha value is -1.82. The second-order valence-electron chi connectivity index (χ2n) is 3.87. The van der Waals surface area contributed by atoms with Gasteiger partial charge in [-0.25, -0.2) is 4.79 Å². The molecule has 0 saturated carbocycles. The van der Waals surface area contributed by atoms with Crippen LogP contribution in [0.4, 0.5) is 13.2 Å². The monoisotopic (exact) mass is 258 g/mol. The lowest BCUT2D eigenvalue weighted by atomic mass is 9.96. The summed E-state index contributed by atoms with van der Waals surface area (Å²) < 4.78 is 42.6. The number of halogens is 3. The maximum absolute atomic E-state index is 12.5. The number of hydrogen-bond acceptors (Lipinski definition) is 2. The summed E-state index contributed by atoms with van der Waals surface area (Å²) in [5.41, 5.74) is 0.458. The molecule has 0 bridgehead atoms. The summed E-state index contributed by atoms with van der Waals surface area (Å²) in [5.74, 6) is -1.15. The fourth-order valence-electron chi connectivity index (χ4n) is 1.82. The summed E-state index contributed by atoms with van der Waals surface area (Å²) in [6.07, 6.45) is -3.46. The highest BCUT2D eigenvalue weighted by atomic mass is 19.4. The van der Waals surface area contributed by atoms with Crippen molar-refractivity contribution in [3.63, 3.8) is 0 Å². The van der Waals surface area contributed by atoms with Gasteiger partial charge in [0, 0.05) is 6.08 Å². The molecule has 0 amide bonds. The van der Waals surface area contributed by atoms with Gasteiger partial charge in [-0.3, -0.25) is 0 Å². The third kappa shape index (κ3) is 2.53. The van der Waals surface area contributed by atoms with Crippen molar-refractivity contribution in [2.75, 3.05) is 6.61 Å².